The molecule has 0 aliphatic heterocycles. The van der Waals surface area contributed by atoms with Crippen LogP contribution >= 0.6 is 7.92 Å². The lowest BCUT2D eigenvalue weighted by Gasteiger charge is -2.25. The van der Waals surface area contributed by atoms with Gasteiger partial charge in [-0.25, -0.2) is 15.0 Å². The molecular formula is C25H30N5O3P. The third-order valence-electron chi connectivity index (χ3n) is 5.28. The van der Waals surface area contributed by atoms with Gasteiger partial charge < -0.3 is 24.5 Å². The minimum Gasteiger partial charge on any atom is -0.493 e. The third-order valence-corrected chi connectivity index (χ3v) is 7.59. The molecule has 0 fully saturated rings. The van der Waals surface area contributed by atoms with Crippen LogP contribution in [0.4, 0.5) is 5.82 Å². The second-order valence-corrected chi connectivity index (χ2v) is 9.74. The zero-order valence-corrected chi connectivity index (χ0v) is 20.6. The Morgan fingerprint density at radius 2 is 1.53 bits per heavy atom. The summed E-state index contributed by atoms with van der Waals surface area (Å²) >= 11 is 0. The van der Waals surface area contributed by atoms with E-state index in [1.807, 2.05) is 61.7 Å². The third kappa shape index (κ3) is 5.29. The Kier molecular flexibility index (Phi) is 7.93. The number of fused-ring (bicyclic) bond motifs is 1. The van der Waals surface area contributed by atoms with E-state index in [-0.39, 0.29) is 6.10 Å². The van der Waals surface area contributed by atoms with Crippen molar-refractivity contribution in [2.45, 2.75) is 33.4 Å². The van der Waals surface area contributed by atoms with E-state index < -0.39 is 7.92 Å². The van der Waals surface area contributed by atoms with Gasteiger partial charge in [-0.2, -0.15) is 0 Å². The molecule has 2 heterocycles. The lowest BCUT2D eigenvalue weighted by atomic mass is 10.3. The van der Waals surface area contributed by atoms with Gasteiger partial charge in [-0.15, -0.1) is 0 Å². The van der Waals surface area contributed by atoms with Crippen molar-refractivity contribution in [1.29, 1.82) is 0 Å². The summed E-state index contributed by atoms with van der Waals surface area (Å²) in [5.74, 6) is 2.14. The number of imidazole rings is 1. The quantitative estimate of drug-likeness (QED) is 0.328. The zero-order chi connectivity index (χ0) is 23.9. The SMILES string of the molecule is CCOc1ccccc1P(COC(C)Cn1cnc2c(N)ncnc21)c1ccccc1OCC. The van der Waals surface area contributed by atoms with Crippen LogP contribution in [0.2, 0.25) is 0 Å². The molecule has 4 aromatic rings. The van der Waals surface area contributed by atoms with Crippen molar-refractivity contribution in [2.24, 2.45) is 0 Å². The molecule has 0 radical (unpaired) electrons. The number of benzene rings is 2. The first-order chi connectivity index (χ1) is 16.6. The largest absolute Gasteiger partial charge is 0.493 e. The number of hydrogen-bond donors (Lipinski definition) is 1. The molecular weight excluding hydrogens is 449 g/mol. The summed E-state index contributed by atoms with van der Waals surface area (Å²) in [5.41, 5.74) is 7.23. The Labute approximate surface area is 200 Å². The normalized spacial score (nSPS) is 12.2. The molecule has 2 aromatic carbocycles. The Balaban J connectivity index is 1.59. The second-order valence-electron chi connectivity index (χ2n) is 7.66. The molecule has 1 unspecified atom stereocenters. The monoisotopic (exact) mass is 479 g/mol. The smallest absolute Gasteiger partial charge is 0.165 e. The molecule has 0 aliphatic rings. The van der Waals surface area contributed by atoms with Gasteiger partial charge in [-0.05, 0) is 40.8 Å². The number of nitrogens with two attached hydrogens (primary N) is 1. The first-order valence-corrected chi connectivity index (χ1v) is 12.9. The topological polar surface area (TPSA) is 97.3 Å². The number of hydrogen-bond acceptors (Lipinski definition) is 7. The Bertz CT molecular complexity index is 1180. The van der Waals surface area contributed by atoms with Gasteiger partial charge in [0.25, 0.3) is 0 Å². The number of para-hydroxylation sites is 2. The van der Waals surface area contributed by atoms with Crippen LogP contribution in [0.1, 0.15) is 20.8 Å². The van der Waals surface area contributed by atoms with Gasteiger partial charge in [0, 0.05) is 10.6 Å². The van der Waals surface area contributed by atoms with Gasteiger partial charge in [0.1, 0.15) is 23.3 Å². The van der Waals surface area contributed by atoms with Crippen LogP contribution in [0.5, 0.6) is 11.5 Å². The fourth-order valence-electron chi connectivity index (χ4n) is 3.75. The van der Waals surface area contributed by atoms with E-state index in [0.717, 1.165) is 22.1 Å². The Morgan fingerprint density at radius 1 is 0.912 bits per heavy atom. The summed E-state index contributed by atoms with van der Waals surface area (Å²) in [7, 11) is -0.894. The predicted molar refractivity (Wildman–Crippen MR) is 137 cm³/mol. The Hall–Kier alpha value is -3.22. The number of ether oxygens (including phenoxy) is 3. The maximum Gasteiger partial charge on any atom is 0.165 e. The number of rotatable bonds is 11. The second kappa shape index (κ2) is 11.3. The van der Waals surface area contributed by atoms with Crippen molar-refractivity contribution < 1.29 is 14.2 Å². The maximum atomic E-state index is 6.43. The van der Waals surface area contributed by atoms with Crippen molar-refractivity contribution in [3.05, 3.63) is 61.2 Å². The van der Waals surface area contributed by atoms with Crippen molar-refractivity contribution in [2.75, 3.05) is 25.3 Å². The van der Waals surface area contributed by atoms with E-state index in [0.29, 0.717) is 43.1 Å². The van der Waals surface area contributed by atoms with Crippen LogP contribution in [-0.4, -0.2) is 45.2 Å². The highest BCUT2D eigenvalue weighted by Crippen LogP contribution is 2.40. The molecule has 178 valence electrons. The minimum atomic E-state index is -0.894. The van der Waals surface area contributed by atoms with Gasteiger partial charge in [-0.1, -0.05) is 36.4 Å². The van der Waals surface area contributed by atoms with Crippen LogP contribution in [0.15, 0.2) is 61.2 Å². The van der Waals surface area contributed by atoms with Crippen molar-refractivity contribution >= 4 is 35.5 Å². The summed E-state index contributed by atoms with van der Waals surface area (Å²) in [5, 5.41) is 2.26. The van der Waals surface area contributed by atoms with Gasteiger partial charge in [0.05, 0.1) is 38.5 Å². The van der Waals surface area contributed by atoms with Gasteiger partial charge in [0.2, 0.25) is 0 Å². The summed E-state index contributed by atoms with van der Waals surface area (Å²) in [6, 6.07) is 16.4. The first kappa shape index (κ1) is 23.9. The van der Waals surface area contributed by atoms with Crippen molar-refractivity contribution in [3.63, 3.8) is 0 Å². The van der Waals surface area contributed by atoms with Crippen LogP contribution in [0.25, 0.3) is 11.2 Å². The number of aromatic nitrogens is 4. The van der Waals surface area contributed by atoms with E-state index in [1.165, 1.54) is 6.33 Å². The maximum absolute atomic E-state index is 6.43. The zero-order valence-electron chi connectivity index (χ0n) is 19.7. The number of nitrogen functional groups attached to an aromatic ring is 1. The molecule has 34 heavy (non-hydrogen) atoms. The summed E-state index contributed by atoms with van der Waals surface area (Å²) < 4.78 is 20.3. The van der Waals surface area contributed by atoms with Crippen molar-refractivity contribution in [1.82, 2.24) is 19.5 Å². The first-order valence-electron chi connectivity index (χ1n) is 11.4. The highest BCUT2D eigenvalue weighted by Gasteiger charge is 2.23. The van der Waals surface area contributed by atoms with Crippen LogP contribution < -0.4 is 25.8 Å². The van der Waals surface area contributed by atoms with Gasteiger partial charge in [-0.3, -0.25) is 0 Å². The highest BCUT2D eigenvalue weighted by molar-refractivity contribution is 7.73. The summed E-state index contributed by atoms with van der Waals surface area (Å²) in [4.78, 5) is 12.7. The summed E-state index contributed by atoms with van der Waals surface area (Å²) in [6.45, 7) is 7.84. The molecule has 0 spiro atoms. The summed E-state index contributed by atoms with van der Waals surface area (Å²) in [6.07, 6.45) is 3.62. The number of anilines is 1. The lowest BCUT2D eigenvalue weighted by molar-refractivity contribution is 0.0900. The molecule has 9 heteroatoms. The van der Waals surface area contributed by atoms with Gasteiger partial charge >= 0.3 is 0 Å². The van der Waals surface area contributed by atoms with E-state index in [2.05, 4.69) is 27.1 Å². The standard InChI is InChI=1S/C25H30N5O3P/c1-4-31-19-10-6-8-12-21(19)34(22-13-9-7-11-20(22)32-5-2)17-33-18(3)14-30-16-29-23-24(26)27-15-28-25(23)30/h6-13,15-16,18H,4-5,14,17H2,1-3H3,(H2,26,27,28). The molecule has 0 amide bonds. The molecule has 0 saturated heterocycles. The highest BCUT2D eigenvalue weighted by atomic mass is 31.1. The van der Waals surface area contributed by atoms with E-state index in [1.54, 1.807) is 6.33 Å². The average Bonchev–Trinajstić information content (AvgIpc) is 3.25. The predicted octanol–water partition coefficient (Wildman–Crippen LogP) is 3.70. The molecule has 0 bridgehead atoms. The average molecular weight is 480 g/mol. The number of nitrogens with zero attached hydrogens (tertiary/aromatic N) is 4. The molecule has 0 aliphatic carbocycles. The molecule has 1 atom stereocenters. The molecule has 8 nitrogen and oxygen atoms in total. The molecule has 2 aromatic heterocycles. The fourth-order valence-corrected chi connectivity index (χ4v) is 6.03. The molecule has 4 rings (SSSR count). The molecule has 2 N–H and O–H groups in total. The van der Waals surface area contributed by atoms with Crippen molar-refractivity contribution in [3.8, 4) is 11.5 Å². The van der Waals surface area contributed by atoms with Crippen LogP contribution in [0.3, 0.4) is 0 Å². The van der Waals surface area contributed by atoms with Gasteiger partial charge in [0.15, 0.2) is 11.5 Å². The fraction of sp³-hybridized carbons (Fsp3) is 0.320. The van der Waals surface area contributed by atoms with Crippen LogP contribution in [-0.2, 0) is 11.3 Å². The Morgan fingerprint density at radius 3 is 2.15 bits per heavy atom. The van der Waals surface area contributed by atoms with Crippen LogP contribution in [0, 0.1) is 0 Å². The van der Waals surface area contributed by atoms with E-state index in [4.69, 9.17) is 19.9 Å². The van der Waals surface area contributed by atoms with E-state index >= 15 is 0 Å². The van der Waals surface area contributed by atoms with E-state index in [9.17, 15) is 0 Å². The minimum absolute atomic E-state index is 0.0860. The molecule has 0 saturated carbocycles. The lowest BCUT2D eigenvalue weighted by Crippen LogP contribution is -2.23.